The molecule has 0 aliphatic carbocycles. The molecule has 3 heterocycles. The van der Waals surface area contributed by atoms with Crippen LogP contribution in [0.25, 0.3) is 0 Å². The Morgan fingerprint density at radius 2 is 2.16 bits per heavy atom. The molecule has 25 heavy (non-hydrogen) atoms. The van der Waals surface area contributed by atoms with Gasteiger partial charge in [0.2, 0.25) is 5.91 Å². The Morgan fingerprint density at radius 3 is 2.84 bits per heavy atom. The summed E-state index contributed by atoms with van der Waals surface area (Å²) in [6.45, 7) is 7.76. The molecule has 1 fully saturated rings. The third-order valence-electron chi connectivity index (χ3n) is 4.59. The monoisotopic (exact) mass is 342 g/mol. The van der Waals surface area contributed by atoms with Crippen molar-refractivity contribution in [2.75, 3.05) is 18.4 Å². The van der Waals surface area contributed by atoms with Crippen LogP contribution in [0.15, 0.2) is 6.07 Å². The molecule has 3 N–H and O–H groups in total. The van der Waals surface area contributed by atoms with Crippen molar-refractivity contribution in [3.8, 4) is 0 Å². The summed E-state index contributed by atoms with van der Waals surface area (Å²) in [6.07, 6.45) is 3.28. The van der Waals surface area contributed by atoms with E-state index < -0.39 is 0 Å². The van der Waals surface area contributed by atoms with Crippen LogP contribution < -0.4 is 10.6 Å². The number of aromatic nitrogens is 4. The average Bonchev–Trinajstić information content (AvgIpc) is 2.92. The highest BCUT2D eigenvalue weighted by Crippen LogP contribution is 2.21. The summed E-state index contributed by atoms with van der Waals surface area (Å²) in [5.74, 6) is 1.26. The molecule has 2 aromatic rings. The van der Waals surface area contributed by atoms with Gasteiger partial charge in [0.05, 0.1) is 17.1 Å². The van der Waals surface area contributed by atoms with E-state index in [-0.39, 0.29) is 5.91 Å². The molecule has 0 radical (unpaired) electrons. The molecule has 1 aliphatic rings. The first kappa shape index (κ1) is 17.5. The Morgan fingerprint density at radius 1 is 1.32 bits per heavy atom. The minimum atomic E-state index is -0.0234. The number of carbonyl (C=O) groups excluding carboxylic acids is 1. The predicted octanol–water partition coefficient (Wildman–Crippen LogP) is 2.16. The number of amides is 1. The van der Waals surface area contributed by atoms with Crippen molar-refractivity contribution >= 4 is 11.6 Å². The zero-order chi connectivity index (χ0) is 17.8. The number of nitrogens with one attached hydrogen (secondary N) is 3. The zero-order valence-corrected chi connectivity index (χ0v) is 15.1. The van der Waals surface area contributed by atoms with Gasteiger partial charge in [0.25, 0.3) is 0 Å². The van der Waals surface area contributed by atoms with E-state index in [1.807, 2.05) is 26.8 Å². The van der Waals surface area contributed by atoms with Gasteiger partial charge < -0.3 is 10.6 Å². The number of carbonyl (C=O) groups is 1. The molecule has 1 atom stereocenters. The number of rotatable bonds is 5. The summed E-state index contributed by atoms with van der Waals surface area (Å²) in [4.78, 5) is 21.6. The number of anilines is 1. The molecule has 0 aromatic carbocycles. The van der Waals surface area contributed by atoms with E-state index in [0.717, 1.165) is 60.2 Å². The van der Waals surface area contributed by atoms with Gasteiger partial charge in [-0.25, -0.2) is 9.97 Å². The first-order valence-corrected chi connectivity index (χ1v) is 8.89. The molecule has 7 nitrogen and oxygen atoms in total. The highest BCUT2D eigenvalue weighted by Gasteiger charge is 2.19. The standard InChI is InChI=1S/C18H26N6O/c1-11-9-15(21-18(20-11)14-5-4-8-19-10-14)6-7-16(25)22-17-12(2)23-24-13(17)3/h9,14,19H,4-8,10H2,1-3H3,(H,22,25)(H,23,24)/t14-/m0/s1. The molecule has 1 amide bonds. The van der Waals surface area contributed by atoms with Gasteiger partial charge in [0.1, 0.15) is 5.82 Å². The number of aryl methyl sites for hydroxylation is 4. The van der Waals surface area contributed by atoms with E-state index in [4.69, 9.17) is 4.98 Å². The van der Waals surface area contributed by atoms with Crippen molar-refractivity contribution in [1.29, 1.82) is 0 Å². The molecule has 1 saturated heterocycles. The SMILES string of the molecule is Cc1cc(CCC(=O)Nc2c(C)n[nH]c2C)nc([C@H]2CCCNC2)n1. The van der Waals surface area contributed by atoms with Crippen LogP contribution in [0, 0.1) is 20.8 Å². The minimum absolute atomic E-state index is 0.0234. The van der Waals surface area contributed by atoms with Gasteiger partial charge in [-0.15, -0.1) is 0 Å². The lowest BCUT2D eigenvalue weighted by Gasteiger charge is -2.22. The van der Waals surface area contributed by atoms with Gasteiger partial charge in [-0.1, -0.05) is 0 Å². The molecular weight excluding hydrogens is 316 g/mol. The van der Waals surface area contributed by atoms with Crippen LogP contribution in [0.2, 0.25) is 0 Å². The number of hydrogen-bond donors (Lipinski definition) is 3. The summed E-state index contributed by atoms with van der Waals surface area (Å²) in [5, 5.41) is 13.3. The number of aromatic amines is 1. The van der Waals surface area contributed by atoms with E-state index in [0.29, 0.717) is 18.8 Å². The maximum Gasteiger partial charge on any atom is 0.224 e. The fourth-order valence-electron chi connectivity index (χ4n) is 3.22. The molecular formula is C18H26N6O. The first-order chi connectivity index (χ1) is 12.0. The first-order valence-electron chi connectivity index (χ1n) is 8.89. The molecule has 0 saturated carbocycles. The van der Waals surface area contributed by atoms with Crippen LogP contribution >= 0.6 is 0 Å². The largest absolute Gasteiger partial charge is 0.323 e. The Labute approximate surface area is 148 Å². The van der Waals surface area contributed by atoms with Crippen molar-refractivity contribution in [1.82, 2.24) is 25.5 Å². The fourth-order valence-corrected chi connectivity index (χ4v) is 3.22. The lowest BCUT2D eigenvalue weighted by molar-refractivity contribution is -0.116. The number of piperidine rings is 1. The second-order valence-corrected chi connectivity index (χ2v) is 6.76. The third-order valence-corrected chi connectivity index (χ3v) is 4.59. The predicted molar refractivity (Wildman–Crippen MR) is 96.6 cm³/mol. The lowest BCUT2D eigenvalue weighted by Crippen LogP contribution is -2.29. The molecule has 3 rings (SSSR count). The van der Waals surface area contributed by atoms with Crippen LogP contribution in [0.5, 0.6) is 0 Å². The van der Waals surface area contributed by atoms with Gasteiger partial charge in [-0.05, 0) is 52.6 Å². The van der Waals surface area contributed by atoms with Crippen molar-refractivity contribution in [3.63, 3.8) is 0 Å². The molecule has 0 bridgehead atoms. The summed E-state index contributed by atoms with van der Waals surface area (Å²) < 4.78 is 0. The van der Waals surface area contributed by atoms with Crippen LogP contribution in [-0.4, -0.2) is 39.2 Å². The Balaban J connectivity index is 1.62. The minimum Gasteiger partial charge on any atom is -0.323 e. The van der Waals surface area contributed by atoms with E-state index in [2.05, 4.69) is 25.8 Å². The summed E-state index contributed by atoms with van der Waals surface area (Å²) in [7, 11) is 0. The second-order valence-electron chi connectivity index (χ2n) is 6.76. The van der Waals surface area contributed by atoms with Crippen LogP contribution in [-0.2, 0) is 11.2 Å². The maximum absolute atomic E-state index is 12.3. The fraction of sp³-hybridized carbons (Fsp3) is 0.556. The molecule has 1 aliphatic heterocycles. The molecule has 0 spiro atoms. The van der Waals surface area contributed by atoms with Gasteiger partial charge in [0.15, 0.2) is 0 Å². The Kier molecular flexibility index (Phi) is 5.43. The normalized spacial score (nSPS) is 17.5. The number of hydrogen-bond acceptors (Lipinski definition) is 5. The van der Waals surface area contributed by atoms with E-state index in [1.165, 1.54) is 0 Å². The molecule has 7 heteroatoms. The average molecular weight is 342 g/mol. The van der Waals surface area contributed by atoms with Crippen molar-refractivity contribution in [3.05, 3.63) is 34.7 Å². The third kappa shape index (κ3) is 4.42. The van der Waals surface area contributed by atoms with Crippen LogP contribution in [0.1, 0.15) is 53.8 Å². The van der Waals surface area contributed by atoms with Crippen molar-refractivity contribution < 1.29 is 4.79 Å². The van der Waals surface area contributed by atoms with Crippen molar-refractivity contribution in [2.24, 2.45) is 0 Å². The van der Waals surface area contributed by atoms with Crippen molar-refractivity contribution in [2.45, 2.75) is 52.4 Å². The number of nitrogens with zero attached hydrogens (tertiary/aromatic N) is 3. The van der Waals surface area contributed by atoms with Crippen LogP contribution in [0.4, 0.5) is 5.69 Å². The second kappa shape index (κ2) is 7.74. The summed E-state index contributed by atoms with van der Waals surface area (Å²) in [6, 6.07) is 1.97. The van der Waals surface area contributed by atoms with Gasteiger partial charge in [-0.2, -0.15) is 5.10 Å². The Hall–Kier alpha value is -2.28. The smallest absolute Gasteiger partial charge is 0.224 e. The van der Waals surface area contributed by atoms with E-state index >= 15 is 0 Å². The highest BCUT2D eigenvalue weighted by molar-refractivity contribution is 5.91. The van der Waals surface area contributed by atoms with Crippen LogP contribution in [0.3, 0.4) is 0 Å². The van der Waals surface area contributed by atoms with Gasteiger partial charge in [0, 0.05) is 30.3 Å². The zero-order valence-electron chi connectivity index (χ0n) is 15.1. The topological polar surface area (TPSA) is 95.6 Å². The lowest BCUT2D eigenvalue weighted by atomic mass is 9.98. The van der Waals surface area contributed by atoms with E-state index in [1.54, 1.807) is 0 Å². The Bertz CT molecular complexity index is 729. The quantitative estimate of drug-likeness (QED) is 0.774. The van der Waals surface area contributed by atoms with Gasteiger partial charge >= 0.3 is 0 Å². The molecule has 0 unspecified atom stereocenters. The number of H-pyrrole nitrogens is 1. The van der Waals surface area contributed by atoms with Gasteiger partial charge in [-0.3, -0.25) is 9.89 Å². The highest BCUT2D eigenvalue weighted by atomic mass is 16.1. The van der Waals surface area contributed by atoms with E-state index in [9.17, 15) is 4.79 Å². The molecule has 134 valence electrons. The summed E-state index contributed by atoms with van der Waals surface area (Å²) in [5.41, 5.74) is 4.35. The maximum atomic E-state index is 12.3. The summed E-state index contributed by atoms with van der Waals surface area (Å²) >= 11 is 0. The molecule has 2 aromatic heterocycles.